The fraction of sp³-hybridized carbons (Fsp3) is 0.316. The Morgan fingerprint density at radius 1 is 1.26 bits per heavy atom. The first kappa shape index (κ1) is 19.3. The molecule has 1 aliphatic heterocycles. The molecule has 27 heavy (non-hydrogen) atoms. The molecule has 0 spiro atoms. The van der Waals surface area contributed by atoms with Gasteiger partial charge in [0.25, 0.3) is 15.9 Å². The van der Waals surface area contributed by atoms with Crippen molar-refractivity contribution in [3.05, 3.63) is 59.9 Å². The van der Waals surface area contributed by atoms with Crippen molar-refractivity contribution in [1.82, 2.24) is 4.90 Å². The molecule has 144 valence electrons. The third-order valence-corrected chi connectivity index (χ3v) is 6.21. The Morgan fingerprint density at radius 2 is 2.00 bits per heavy atom. The van der Waals surface area contributed by atoms with Crippen molar-refractivity contribution in [2.24, 2.45) is 11.1 Å². The molecule has 1 aliphatic rings. The zero-order chi connectivity index (χ0) is 19.7. The third kappa shape index (κ3) is 4.12. The van der Waals surface area contributed by atoms with Gasteiger partial charge in [0.05, 0.1) is 10.6 Å². The van der Waals surface area contributed by atoms with Gasteiger partial charge in [-0.05, 0) is 48.7 Å². The maximum atomic E-state index is 13.8. The molecule has 0 aliphatic carbocycles. The fourth-order valence-electron chi connectivity index (χ4n) is 3.09. The number of halogens is 1. The van der Waals surface area contributed by atoms with E-state index in [2.05, 4.69) is 4.72 Å². The molecule has 3 rings (SSSR count). The molecule has 3 N–H and O–H groups in total. The summed E-state index contributed by atoms with van der Waals surface area (Å²) in [4.78, 5) is 14.3. The summed E-state index contributed by atoms with van der Waals surface area (Å²) < 4.78 is 41.1. The van der Waals surface area contributed by atoms with Crippen LogP contribution in [-0.2, 0) is 10.0 Å². The number of amides is 1. The van der Waals surface area contributed by atoms with Gasteiger partial charge < -0.3 is 10.6 Å². The Hall–Kier alpha value is -2.45. The molecule has 1 atom stereocenters. The number of nitrogens with one attached hydrogen (secondary N) is 1. The number of benzene rings is 2. The van der Waals surface area contributed by atoms with Gasteiger partial charge >= 0.3 is 0 Å². The van der Waals surface area contributed by atoms with Crippen LogP contribution >= 0.6 is 0 Å². The molecule has 0 saturated carbocycles. The van der Waals surface area contributed by atoms with Crippen molar-refractivity contribution in [1.29, 1.82) is 0 Å². The van der Waals surface area contributed by atoms with E-state index >= 15 is 0 Å². The van der Waals surface area contributed by atoms with Crippen LogP contribution in [0.2, 0.25) is 0 Å². The topological polar surface area (TPSA) is 92.5 Å². The Balaban J connectivity index is 1.83. The first-order valence-corrected chi connectivity index (χ1v) is 10.1. The number of carbonyl (C=O) groups is 1. The molecule has 1 saturated heterocycles. The van der Waals surface area contributed by atoms with Crippen molar-refractivity contribution in [3.63, 3.8) is 0 Å². The van der Waals surface area contributed by atoms with Crippen molar-refractivity contribution < 1.29 is 17.6 Å². The molecular weight excluding hydrogens is 369 g/mol. The average molecular weight is 391 g/mol. The molecule has 1 unspecified atom stereocenters. The molecule has 1 amide bonds. The van der Waals surface area contributed by atoms with Gasteiger partial charge in [0.15, 0.2) is 0 Å². The van der Waals surface area contributed by atoms with Crippen LogP contribution in [0, 0.1) is 11.2 Å². The molecule has 0 bridgehead atoms. The summed E-state index contributed by atoms with van der Waals surface area (Å²) in [5.74, 6) is -0.915. The Bertz CT molecular complexity index is 964. The SMILES string of the molecule is CC1(CN)CCN(C(=O)c2cccc(S(=O)(=O)Nc3ccccc3F)c2)C1. The first-order valence-electron chi connectivity index (χ1n) is 8.61. The standard InChI is InChI=1S/C19H22FN3O3S/c1-19(12-21)9-10-23(13-19)18(24)14-5-4-6-15(11-14)27(25,26)22-17-8-3-2-7-16(17)20/h2-8,11,22H,9-10,12-13,21H2,1H3. The van der Waals surface area contributed by atoms with Gasteiger partial charge in [0, 0.05) is 18.7 Å². The Kier molecular flexibility index (Phi) is 5.21. The van der Waals surface area contributed by atoms with Crippen molar-refractivity contribution in [2.45, 2.75) is 18.2 Å². The van der Waals surface area contributed by atoms with Gasteiger partial charge in [-0.25, -0.2) is 12.8 Å². The van der Waals surface area contributed by atoms with Crippen molar-refractivity contribution in [2.75, 3.05) is 24.4 Å². The number of anilines is 1. The van der Waals surface area contributed by atoms with Crippen molar-refractivity contribution >= 4 is 21.6 Å². The lowest BCUT2D eigenvalue weighted by Gasteiger charge is -2.22. The normalized spacial score (nSPS) is 19.9. The largest absolute Gasteiger partial charge is 0.338 e. The molecular formula is C19H22FN3O3S. The van der Waals surface area contributed by atoms with Crippen LogP contribution in [-0.4, -0.2) is 38.9 Å². The van der Waals surface area contributed by atoms with Crippen LogP contribution in [0.4, 0.5) is 10.1 Å². The highest BCUT2D eigenvalue weighted by atomic mass is 32.2. The number of nitrogens with two attached hydrogens (primary N) is 1. The van der Waals surface area contributed by atoms with Gasteiger partial charge in [-0.3, -0.25) is 9.52 Å². The van der Waals surface area contributed by atoms with E-state index in [-0.39, 0.29) is 27.5 Å². The number of hydrogen-bond donors (Lipinski definition) is 2. The minimum absolute atomic E-state index is 0.0996. The van der Waals surface area contributed by atoms with E-state index < -0.39 is 15.8 Å². The van der Waals surface area contributed by atoms with E-state index in [0.717, 1.165) is 6.42 Å². The lowest BCUT2D eigenvalue weighted by molar-refractivity contribution is 0.0776. The van der Waals surface area contributed by atoms with Crippen LogP contribution < -0.4 is 10.5 Å². The minimum Gasteiger partial charge on any atom is -0.338 e. The predicted octanol–water partition coefficient (Wildman–Crippen LogP) is 2.44. The highest BCUT2D eigenvalue weighted by Gasteiger charge is 2.35. The molecule has 2 aromatic rings. The van der Waals surface area contributed by atoms with Gasteiger partial charge in [0.2, 0.25) is 0 Å². The number of sulfonamides is 1. The molecule has 0 radical (unpaired) electrons. The minimum atomic E-state index is -4.02. The number of hydrogen-bond acceptors (Lipinski definition) is 4. The van der Waals surface area contributed by atoms with Gasteiger partial charge in [-0.15, -0.1) is 0 Å². The quantitative estimate of drug-likeness (QED) is 0.819. The van der Waals surface area contributed by atoms with E-state index in [1.807, 2.05) is 6.92 Å². The number of nitrogens with zero attached hydrogens (tertiary/aromatic N) is 1. The highest BCUT2D eigenvalue weighted by Crippen LogP contribution is 2.30. The monoisotopic (exact) mass is 391 g/mol. The summed E-state index contributed by atoms with van der Waals surface area (Å²) in [7, 11) is -4.02. The maximum Gasteiger partial charge on any atom is 0.262 e. The second kappa shape index (κ2) is 7.28. The second-order valence-corrected chi connectivity index (χ2v) is 8.79. The fourth-order valence-corrected chi connectivity index (χ4v) is 4.20. The summed E-state index contributed by atoms with van der Waals surface area (Å²) in [6, 6.07) is 11.3. The molecule has 0 aromatic heterocycles. The first-order chi connectivity index (χ1) is 12.7. The number of rotatable bonds is 5. The van der Waals surface area contributed by atoms with Crippen LogP contribution in [0.25, 0.3) is 0 Å². The average Bonchev–Trinajstić information content (AvgIpc) is 3.06. The molecule has 8 heteroatoms. The molecule has 1 heterocycles. The second-order valence-electron chi connectivity index (χ2n) is 7.10. The van der Waals surface area contributed by atoms with E-state index in [1.54, 1.807) is 11.0 Å². The van der Waals surface area contributed by atoms with Crippen molar-refractivity contribution in [3.8, 4) is 0 Å². The van der Waals surface area contributed by atoms with E-state index in [4.69, 9.17) is 5.73 Å². The molecule has 2 aromatic carbocycles. The smallest absolute Gasteiger partial charge is 0.262 e. The van der Waals surface area contributed by atoms with Crippen LogP contribution in [0.3, 0.4) is 0 Å². The third-order valence-electron chi connectivity index (χ3n) is 4.85. The van der Waals surface area contributed by atoms with Crippen LogP contribution in [0.1, 0.15) is 23.7 Å². The van der Waals surface area contributed by atoms with Gasteiger partial charge in [-0.1, -0.05) is 25.1 Å². The van der Waals surface area contributed by atoms with Gasteiger partial charge in [-0.2, -0.15) is 0 Å². The summed E-state index contributed by atoms with van der Waals surface area (Å²) in [6.45, 7) is 3.63. The highest BCUT2D eigenvalue weighted by molar-refractivity contribution is 7.92. The van der Waals surface area contributed by atoms with E-state index in [9.17, 15) is 17.6 Å². The summed E-state index contributed by atoms with van der Waals surface area (Å²) in [5, 5.41) is 0. The van der Waals surface area contributed by atoms with Gasteiger partial charge in [0.1, 0.15) is 5.82 Å². The van der Waals surface area contributed by atoms with Crippen LogP contribution in [0.15, 0.2) is 53.4 Å². The molecule has 1 fully saturated rings. The lowest BCUT2D eigenvalue weighted by atomic mass is 9.90. The summed E-state index contributed by atoms with van der Waals surface area (Å²) in [6.07, 6.45) is 0.808. The lowest BCUT2D eigenvalue weighted by Crippen LogP contribution is -2.34. The summed E-state index contributed by atoms with van der Waals surface area (Å²) >= 11 is 0. The zero-order valence-electron chi connectivity index (χ0n) is 15.0. The predicted molar refractivity (Wildman–Crippen MR) is 101 cm³/mol. The Morgan fingerprint density at radius 3 is 2.67 bits per heavy atom. The zero-order valence-corrected chi connectivity index (χ0v) is 15.8. The number of carbonyl (C=O) groups excluding carboxylic acids is 1. The number of para-hydroxylation sites is 1. The number of likely N-dealkylation sites (tertiary alicyclic amines) is 1. The van der Waals surface area contributed by atoms with Crippen LogP contribution in [0.5, 0.6) is 0 Å². The summed E-state index contributed by atoms with van der Waals surface area (Å²) in [5.41, 5.74) is 5.79. The maximum absolute atomic E-state index is 13.8. The molecule has 6 nitrogen and oxygen atoms in total. The Labute approximate surface area is 158 Å². The van der Waals surface area contributed by atoms with E-state index in [1.165, 1.54) is 42.5 Å². The van der Waals surface area contributed by atoms with E-state index in [0.29, 0.717) is 19.6 Å².